The summed E-state index contributed by atoms with van der Waals surface area (Å²) in [5.74, 6) is -0.555. The van der Waals surface area contributed by atoms with Crippen LogP contribution in [0.5, 0.6) is 0 Å². The van der Waals surface area contributed by atoms with E-state index in [0.717, 1.165) is 0 Å². The normalized spacial score (nSPS) is 27.8. The smallest absolute Gasteiger partial charge is 0.459 e. The maximum atomic E-state index is 12.2. The Morgan fingerprint density at radius 1 is 1.14 bits per heavy atom. The lowest BCUT2D eigenvalue weighted by atomic mass is 9.90. The number of carbonyl (C=O) groups is 1. The van der Waals surface area contributed by atoms with Gasteiger partial charge in [0.05, 0.1) is 12.0 Å². The van der Waals surface area contributed by atoms with Crippen LogP contribution in [0.1, 0.15) is 33.6 Å². The van der Waals surface area contributed by atoms with Gasteiger partial charge in [-0.1, -0.05) is 6.92 Å². The number of carbonyl (C=O) groups excluding carboxylic acids is 1. The molecule has 17 heteroatoms. The molecule has 0 saturated carbocycles. The molecular weight excluding hydrogens is 444 g/mol. The van der Waals surface area contributed by atoms with Crippen molar-refractivity contribution in [3.8, 4) is 0 Å². The molecule has 0 aromatic carbocycles. The van der Waals surface area contributed by atoms with E-state index in [0.29, 0.717) is 6.42 Å². The van der Waals surface area contributed by atoms with Crippen LogP contribution in [-0.2, 0) is 41.1 Å². The molecule has 1 saturated heterocycles. The molecule has 1 heterocycles. The topological polar surface area (TPSA) is 195 Å². The zero-order valence-corrected chi connectivity index (χ0v) is 17.9. The summed E-state index contributed by atoms with van der Waals surface area (Å²) in [7, 11) is -10.8. The van der Waals surface area contributed by atoms with E-state index in [1.54, 1.807) is 20.8 Å². The summed E-state index contributed by atoms with van der Waals surface area (Å²) < 4.78 is 55.8. The Morgan fingerprint density at radius 2 is 1.71 bits per heavy atom. The van der Waals surface area contributed by atoms with Crippen LogP contribution in [0.3, 0.4) is 0 Å². The number of ether oxygens (including phenoxy) is 2. The van der Waals surface area contributed by atoms with Gasteiger partial charge in [-0.15, -0.1) is 0 Å². The maximum absolute atomic E-state index is 12.2. The Morgan fingerprint density at radius 3 is 2.21 bits per heavy atom. The Kier molecular flexibility index (Phi) is 8.68. The average molecular weight is 466 g/mol. The van der Waals surface area contributed by atoms with Crippen molar-refractivity contribution in [3.05, 3.63) is 0 Å². The first-order valence-electron chi connectivity index (χ1n) is 7.87. The summed E-state index contributed by atoms with van der Waals surface area (Å²) in [6.45, 7) is 4.35. The lowest BCUT2D eigenvalue weighted by molar-refractivity contribution is -0.163. The summed E-state index contributed by atoms with van der Waals surface area (Å²) in [6, 6.07) is -0.864. The van der Waals surface area contributed by atoms with Gasteiger partial charge in [-0.2, -0.15) is 8.62 Å². The summed E-state index contributed by atoms with van der Waals surface area (Å²) in [4.78, 5) is 47.7. The van der Waals surface area contributed by atoms with E-state index in [1.807, 2.05) is 0 Å². The van der Waals surface area contributed by atoms with Crippen molar-refractivity contribution in [1.82, 2.24) is 0 Å². The number of esters is 1. The molecule has 0 bridgehead atoms. The van der Waals surface area contributed by atoms with Gasteiger partial charge in [0, 0.05) is 12.4 Å². The second-order valence-electron chi connectivity index (χ2n) is 6.52. The quantitative estimate of drug-likeness (QED) is 0.202. The fourth-order valence-corrected chi connectivity index (χ4v) is 4.96. The molecule has 13 nitrogen and oxygen atoms in total. The molecule has 4 N–H and O–H groups in total. The van der Waals surface area contributed by atoms with Gasteiger partial charge >= 0.3 is 29.4 Å². The van der Waals surface area contributed by atoms with Gasteiger partial charge in [0.2, 0.25) is 0 Å². The Labute approximate surface area is 162 Å². The first-order valence-corrected chi connectivity index (χ1v) is 12.4. The monoisotopic (exact) mass is 466 g/mol. The van der Waals surface area contributed by atoms with Crippen LogP contribution in [0.4, 0.5) is 0 Å². The third-order valence-electron chi connectivity index (χ3n) is 3.74. The van der Waals surface area contributed by atoms with E-state index in [1.165, 1.54) is 0 Å². The molecule has 1 rings (SSSR count). The molecule has 1 aliphatic rings. The predicted molar refractivity (Wildman–Crippen MR) is 92.8 cm³/mol. The second kappa shape index (κ2) is 9.37. The molecule has 0 aromatic rings. The fraction of sp³-hybridized carbons (Fsp3) is 0.909. The molecule has 0 aliphatic carbocycles. The highest BCUT2D eigenvalue weighted by molar-refractivity contribution is 7.66. The number of hydrogen-bond donors (Lipinski definition) is 4. The van der Waals surface area contributed by atoms with E-state index >= 15 is 0 Å². The highest BCUT2D eigenvalue weighted by atomic mass is 31.3. The standard InChI is InChI=1S/C11H22BO13P3/c1-4-11(2,3)10(13)23-7-5-9(12)22-8(7)6-21-27(17,18)25-28(19,20)24-26(14,15)16/h7-9H,4-6H2,1-3H3,(H,17,18)(H,19,20)(H2,14,15,16)/t7-,8-,9-/m1/s1. The fourth-order valence-electron chi connectivity index (χ4n) is 1.93. The van der Waals surface area contributed by atoms with Crippen LogP contribution in [0.15, 0.2) is 0 Å². The first kappa shape index (κ1) is 25.9. The van der Waals surface area contributed by atoms with Crippen molar-refractivity contribution in [1.29, 1.82) is 0 Å². The van der Waals surface area contributed by atoms with Crippen molar-refractivity contribution >= 4 is 37.3 Å². The second-order valence-corrected chi connectivity index (χ2v) is 10.9. The molecule has 0 spiro atoms. The van der Waals surface area contributed by atoms with Crippen molar-refractivity contribution < 1.29 is 60.7 Å². The van der Waals surface area contributed by atoms with Crippen LogP contribution < -0.4 is 0 Å². The largest absolute Gasteiger partial charge is 0.490 e. The molecule has 2 radical (unpaired) electrons. The number of phosphoric ester groups is 1. The molecule has 5 atom stereocenters. The average Bonchev–Trinajstić information content (AvgIpc) is 2.81. The molecule has 28 heavy (non-hydrogen) atoms. The van der Waals surface area contributed by atoms with Gasteiger partial charge in [-0.25, -0.2) is 13.7 Å². The molecule has 162 valence electrons. The van der Waals surface area contributed by atoms with E-state index in [9.17, 15) is 23.4 Å². The lowest BCUT2D eigenvalue weighted by Crippen LogP contribution is -2.35. The molecule has 1 aliphatic heterocycles. The third kappa shape index (κ3) is 8.73. The zero-order chi connectivity index (χ0) is 22.0. The molecule has 2 unspecified atom stereocenters. The highest BCUT2D eigenvalue weighted by Crippen LogP contribution is 2.66. The minimum atomic E-state index is -5.63. The predicted octanol–water partition coefficient (Wildman–Crippen LogP) is 0.961. The van der Waals surface area contributed by atoms with Gasteiger partial charge in [0.15, 0.2) is 0 Å². The SMILES string of the molecule is [B][C@H]1C[C@@H](OC(=O)C(C)(C)CC)[C@@H](COP(=O)(O)OP(=O)(O)OP(=O)(O)O)O1. The van der Waals surface area contributed by atoms with Gasteiger partial charge in [-0.05, 0) is 20.3 Å². The molecule has 0 aromatic heterocycles. The van der Waals surface area contributed by atoms with Crippen LogP contribution >= 0.6 is 23.5 Å². The molecule has 0 amide bonds. The summed E-state index contributed by atoms with van der Waals surface area (Å²) in [6.07, 6.45) is -1.48. The van der Waals surface area contributed by atoms with Crippen molar-refractivity contribution in [2.24, 2.45) is 5.41 Å². The number of hydrogen-bond acceptors (Lipinski definition) is 9. The van der Waals surface area contributed by atoms with Gasteiger partial charge in [-0.3, -0.25) is 9.32 Å². The minimum Gasteiger partial charge on any atom is -0.459 e. The van der Waals surface area contributed by atoms with Crippen molar-refractivity contribution in [2.75, 3.05) is 6.61 Å². The van der Waals surface area contributed by atoms with E-state index in [4.69, 9.17) is 32.0 Å². The van der Waals surface area contributed by atoms with Gasteiger partial charge < -0.3 is 29.0 Å². The summed E-state index contributed by atoms with van der Waals surface area (Å²) in [5, 5.41) is 0. The first-order chi connectivity index (χ1) is 12.5. The number of phosphoric acid groups is 3. The van der Waals surface area contributed by atoms with Crippen molar-refractivity contribution in [2.45, 2.75) is 51.8 Å². The van der Waals surface area contributed by atoms with Crippen LogP contribution in [-0.4, -0.2) is 58.2 Å². The summed E-state index contributed by atoms with van der Waals surface area (Å²) >= 11 is 0. The maximum Gasteiger partial charge on any atom is 0.490 e. The lowest BCUT2D eigenvalue weighted by Gasteiger charge is -2.26. The van der Waals surface area contributed by atoms with Gasteiger partial charge in [0.25, 0.3) is 0 Å². The number of rotatable bonds is 10. The van der Waals surface area contributed by atoms with Gasteiger partial charge in [0.1, 0.15) is 20.1 Å². The molecule has 1 fully saturated rings. The van der Waals surface area contributed by atoms with Crippen LogP contribution in [0.25, 0.3) is 0 Å². The van der Waals surface area contributed by atoms with Crippen molar-refractivity contribution in [3.63, 3.8) is 0 Å². The Hall–Kier alpha value is -0.0951. The van der Waals surface area contributed by atoms with Crippen LogP contribution in [0.2, 0.25) is 0 Å². The van der Waals surface area contributed by atoms with E-state index < -0.39 is 59.7 Å². The highest BCUT2D eigenvalue weighted by Gasteiger charge is 2.43. The van der Waals surface area contributed by atoms with Crippen LogP contribution in [0, 0.1) is 5.41 Å². The Balaban J connectivity index is 2.72. The summed E-state index contributed by atoms with van der Waals surface area (Å²) in [5.41, 5.74) is -0.795. The zero-order valence-electron chi connectivity index (χ0n) is 15.2. The minimum absolute atomic E-state index is 0.0654. The molecular formula is C11H22BO13P3. The van der Waals surface area contributed by atoms with E-state index in [-0.39, 0.29) is 6.42 Å². The Bertz CT molecular complexity index is 706. The van der Waals surface area contributed by atoms with E-state index in [2.05, 4.69) is 13.1 Å². The third-order valence-corrected chi connectivity index (χ3v) is 7.54.